The number of hydrogen-bond donors (Lipinski definition) is 1. The van der Waals surface area contributed by atoms with E-state index in [-0.39, 0.29) is 19.0 Å². The number of carbonyl (C=O) groups excluding carboxylic acids is 2. The predicted octanol–water partition coefficient (Wildman–Crippen LogP) is 3.27. The monoisotopic (exact) mass is 344 g/mol. The number of aryl methyl sites for hydroxylation is 1. The lowest BCUT2D eigenvalue weighted by molar-refractivity contribution is -0.133. The third-order valence-corrected chi connectivity index (χ3v) is 4.05. The third kappa shape index (κ3) is 3.51. The number of esters is 1. The molecule has 0 unspecified atom stereocenters. The van der Waals surface area contributed by atoms with Crippen LogP contribution in [-0.2, 0) is 16.0 Å². The van der Waals surface area contributed by atoms with Crippen LogP contribution in [0.1, 0.15) is 12.5 Å². The van der Waals surface area contributed by atoms with Gasteiger partial charge in [0.15, 0.2) is 5.75 Å². The molecule has 0 spiro atoms. The van der Waals surface area contributed by atoms with E-state index in [4.69, 9.17) is 16.3 Å². The van der Waals surface area contributed by atoms with Crippen molar-refractivity contribution in [2.75, 3.05) is 23.3 Å². The van der Waals surface area contributed by atoms with E-state index < -0.39 is 5.97 Å². The molecule has 2 aromatic rings. The number of nitrogens with one attached hydrogen (secondary N) is 1. The zero-order valence-corrected chi connectivity index (χ0v) is 14.0. The lowest BCUT2D eigenvalue weighted by Crippen LogP contribution is -2.41. The van der Waals surface area contributed by atoms with Crippen LogP contribution >= 0.6 is 11.6 Å². The number of para-hydroxylation sites is 1. The molecule has 5 nitrogen and oxygen atoms in total. The number of benzene rings is 2. The fraction of sp³-hybridized carbons (Fsp3) is 0.222. The normalized spacial score (nSPS) is 13.2. The van der Waals surface area contributed by atoms with Crippen LogP contribution in [0.2, 0.25) is 5.02 Å². The van der Waals surface area contributed by atoms with Crippen molar-refractivity contribution in [1.82, 2.24) is 0 Å². The highest BCUT2D eigenvalue weighted by Gasteiger charge is 2.26. The summed E-state index contributed by atoms with van der Waals surface area (Å²) >= 11 is 6.02. The van der Waals surface area contributed by atoms with Crippen molar-refractivity contribution >= 4 is 34.9 Å². The molecule has 0 atom stereocenters. The van der Waals surface area contributed by atoms with Gasteiger partial charge in [-0.3, -0.25) is 4.79 Å². The van der Waals surface area contributed by atoms with E-state index in [2.05, 4.69) is 5.32 Å². The van der Waals surface area contributed by atoms with Gasteiger partial charge >= 0.3 is 5.97 Å². The molecule has 1 aliphatic heterocycles. The standard InChI is InChI=1S/C18H17ClN2O3/c1-2-12-5-3-4-6-14(12)20-17(22)10-21-11-18(23)24-16-8-7-13(19)9-15(16)21/h3-9H,2,10-11H2,1H3,(H,20,22). The summed E-state index contributed by atoms with van der Waals surface area (Å²) in [6.45, 7) is 2.08. The Bertz CT molecular complexity index is 792. The zero-order valence-electron chi connectivity index (χ0n) is 13.2. The number of fused-ring (bicyclic) bond motifs is 1. The maximum Gasteiger partial charge on any atom is 0.331 e. The van der Waals surface area contributed by atoms with E-state index in [9.17, 15) is 9.59 Å². The molecule has 24 heavy (non-hydrogen) atoms. The largest absolute Gasteiger partial charge is 0.423 e. The van der Waals surface area contributed by atoms with Gasteiger partial charge in [-0.25, -0.2) is 4.79 Å². The molecule has 1 N–H and O–H groups in total. The van der Waals surface area contributed by atoms with E-state index in [1.165, 1.54) is 0 Å². The molecule has 0 bridgehead atoms. The highest BCUT2D eigenvalue weighted by molar-refractivity contribution is 6.31. The second-order valence-electron chi connectivity index (χ2n) is 5.50. The molecule has 0 fully saturated rings. The zero-order chi connectivity index (χ0) is 17.1. The number of carbonyl (C=O) groups is 2. The Morgan fingerprint density at radius 3 is 2.88 bits per heavy atom. The van der Waals surface area contributed by atoms with Crippen LogP contribution in [0.25, 0.3) is 0 Å². The number of ether oxygens (including phenoxy) is 1. The van der Waals surface area contributed by atoms with E-state index in [0.717, 1.165) is 17.7 Å². The summed E-state index contributed by atoms with van der Waals surface area (Å²) in [6.07, 6.45) is 0.824. The minimum Gasteiger partial charge on any atom is -0.423 e. The Morgan fingerprint density at radius 1 is 1.29 bits per heavy atom. The second-order valence-corrected chi connectivity index (χ2v) is 5.94. The van der Waals surface area contributed by atoms with Crippen molar-refractivity contribution in [3.05, 3.63) is 53.1 Å². The summed E-state index contributed by atoms with van der Waals surface area (Å²) < 4.78 is 5.18. The average molecular weight is 345 g/mol. The van der Waals surface area contributed by atoms with Crippen molar-refractivity contribution in [2.24, 2.45) is 0 Å². The SMILES string of the molecule is CCc1ccccc1NC(=O)CN1CC(=O)Oc2ccc(Cl)cc21. The fourth-order valence-electron chi connectivity index (χ4n) is 2.67. The van der Waals surface area contributed by atoms with Gasteiger partial charge in [0.25, 0.3) is 0 Å². The van der Waals surface area contributed by atoms with Gasteiger partial charge in [-0.2, -0.15) is 0 Å². The number of rotatable bonds is 4. The molecule has 3 rings (SSSR count). The van der Waals surface area contributed by atoms with Crippen molar-refractivity contribution in [3.63, 3.8) is 0 Å². The predicted molar refractivity (Wildman–Crippen MR) is 93.7 cm³/mol. The molecular weight excluding hydrogens is 328 g/mol. The molecule has 0 saturated heterocycles. The number of nitrogens with zero attached hydrogens (tertiary/aromatic N) is 1. The van der Waals surface area contributed by atoms with Crippen molar-refractivity contribution in [3.8, 4) is 5.75 Å². The van der Waals surface area contributed by atoms with Gasteiger partial charge < -0.3 is 15.0 Å². The van der Waals surface area contributed by atoms with E-state index in [1.807, 2.05) is 31.2 Å². The molecular formula is C18H17ClN2O3. The summed E-state index contributed by atoms with van der Waals surface area (Å²) in [6, 6.07) is 12.6. The Kier molecular flexibility index (Phi) is 4.71. The molecule has 2 aromatic carbocycles. The highest BCUT2D eigenvalue weighted by atomic mass is 35.5. The molecule has 0 aromatic heterocycles. The quantitative estimate of drug-likeness (QED) is 0.683. The molecule has 0 radical (unpaired) electrons. The molecule has 0 aliphatic carbocycles. The van der Waals surface area contributed by atoms with Crippen LogP contribution in [0.15, 0.2) is 42.5 Å². The molecule has 1 aliphatic rings. The van der Waals surface area contributed by atoms with Crippen molar-refractivity contribution in [2.45, 2.75) is 13.3 Å². The Hall–Kier alpha value is -2.53. The summed E-state index contributed by atoms with van der Waals surface area (Å²) in [7, 11) is 0. The first-order chi connectivity index (χ1) is 11.6. The van der Waals surface area contributed by atoms with Crippen LogP contribution < -0.4 is 15.0 Å². The Labute approximate surface area is 145 Å². The lowest BCUT2D eigenvalue weighted by atomic mass is 10.1. The van der Waals surface area contributed by atoms with Gasteiger partial charge in [0, 0.05) is 10.7 Å². The van der Waals surface area contributed by atoms with Crippen molar-refractivity contribution in [1.29, 1.82) is 0 Å². The Balaban J connectivity index is 1.77. The number of amides is 1. The van der Waals surface area contributed by atoms with E-state index in [0.29, 0.717) is 16.5 Å². The smallest absolute Gasteiger partial charge is 0.331 e. The molecule has 0 saturated carbocycles. The van der Waals surface area contributed by atoms with E-state index >= 15 is 0 Å². The second kappa shape index (κ2) is 6.93. The van der Waals surface area contributed by atoms with Crippen LogP contribution in [0.4, 0.5) is 11.4 Å². The molecule has 6 heteroatoms. The minimum atomic E-state index is -0.397. The van der Waals surface area contributed by atoms with Crippen LogP contribution in [0, 0.1) is 0 Å². The number of anilines is 2. The summed E-state index contributed by atoms with van der Waals surface area (Å²) in [5, 5.41) is 3.42. The first kappa shape index (κ1) is 16.3. The summed E-state index contributed by atoms with van der Waals surface area (Å²) in [5.41, 5.74) is 2.49. The first-order valence-electron chi connectivity index (χ1n) is 7.69. The van der Waals surface area contributed by atoms with Crippen LogP contribution in [0.5, 0.6) is 5.75 Å². The number of hydrogen-bond acceptors (Lipinski definition) is 4. The maximum absolute atomic E-state index is 12.4. The summed E-state index contributed by atoms with van der Waals surface area (Å²) in [5.74, 6) is -0.180. The molecule has 1 heterocycles. The summed E-state index contributed by atoms with van der Waals surface area (Å²) in [4.78, 5) is 25.8. The maximum atomic E-state index is 12.4. The average Bonchev–Trinajstić information content (AvgIpc) is 2.56. The third-order valence-electron chi connectivity index (χ3n) is 3.81. The lowest BCUT2D eigenvalue weighted by Gasteiger charge is -2.29. The fourth-order valence-corrected chi connectivity index (χ4v) is 2.84. The highest BCUT2D eigenvalue weighted by Crippen LogP contribution is 2.34. The Morgan fingerprint density at radius 2 is 2.08 bits per heavy atom. The van der Waals surface area contributed by atoms with Gasteiger partial charge in [-0.1, -0.05) is 36.7 Å². The van der Waals surface area contributed by atoms with Gasteiger partial charge in [0.2, 0.25) is 5.91 Å². The molecule has 124 valence electrons. The molecule has 1 amide bonds. The van der Waals surface area contributed by atoms with Gasteiger partial charge in [-0.05, 0) is 36.2 Å². The van der Waals surface area contributed by atoms with Crippen LogP contribution in [0.3, 0.4) is 0 Å². The van der Waals surface area contributed by atoms with Crippen molar-refractivity contribution < 1.29 is 14.3 Å². The first-order valence-corrected chi connectivity index (χ1v) is 8.07. The van der Waals surface area contributed by atoms with Gasteiger partial charge in [0.05, 0.1) is 12.2 Å². The number of halogens is 1. The minimum absolute atomic E-state index is 0.0101. The topological polar surface area (TPSA) is 58.6 Å². The van der Waals surface area contributed by atoms with Gasteiger partial charge in [-0.15, -0.1) is 0 Å². The van der Waals surface area contributed by atoms with Crippen LogP contribution in [-0.4, -0.2) is 25.0 Å². The van der Waals surface area contributed by atoms with Gasteiger partial charge in [0.1, 0.15) is 6.54 Å². The van der Waals surface area contributed by atoms with E-state index in [1.54, 1.807) is 23.1 Å².